The van der Waals surface area contributed by atoms with E-state index in [1.54, 1.807) is 0 Å². The van der Waals surface area contributed by atoms with Crippen molar-refractivity contribution in [3.05, 3.63) is 60.2 Å². The predicted molar refractivity (Wildman–Crippen MR) is 113 cm³/mol. The van der Waals surface area contributed by atoms with E-state index >= 15 is 0 Å². The molecule has 0 saturated carbocycles. The van der Waals surface area contributed by atoms with Gasteiger partial charge in [-0.1, -0.05) is 36.4 Å². The minimum Gasteiger partial charge on any atom is -0.490 e. The predicted octanol–water partition coefficient (Wildman–Crippen LogP) is 4.21. The van der Waals surface area contributed by atoms with Gasteiger partial charge in [0.15, 0.2) is 11.5 Å². The zero-order valence-corrected chi connectivity index (χ0v) is 16.6. The highest BCUT2D eigenvalue weighted by Gasteiger charge is 2.16. The summed E-state index contributed by atoms with van der Waals surface area (Å²) in [6, 6.07) is 15.9. The fourth-order valence-electron chi connectivity index (χ4n) is 3.30. The first-order chi connectivity index (χ1) is 13.7. The van der Waals surface area contributed by atoms with Gasteiger partial charge in [-0.15, -0.1) is 0 Å². The van der Waals surface area contributed by atoms with E-state index in [2.05, 4.69) is 40.6 Å². The topological polar surface area (TPSA) is 50.8 Å². The number of benzene rings is 2. The number of hydrogen-bond acceptors (Lipinski definition) is 4. The molecular formula is C23H28N2O3. The van der Waals surface area contributed by atoms with Gasteiger partial charge in [0.05, 0.1) is 19.8 Å². The third-order valence-corrected chi connectivity index (χ3v) is 4.63. The van der Waals surface area contributed by atoms with Gasteiger partial charge in [-0.2, -0.15) is 0 Å². The van der Waals surface area contributed by atoms with Crippen LogP contribution in [0.5, 0.6) is 11.5 Å². The number of amides is 1. The molecule has 5 nitrogen and oxygen atoms in total. The van der Waals surface area contributed by atoms with Crippen LogP contribution < -0.4 is 14.8 Å². The molecule has 0 unspecified atom stereocenters. The highest BCUT2D eigenvalue weighted by Crippen LogP contribution is 2.30. The molecule has 2 aromatic carbocycles. The molecule has 3 rings (SSSR count). The summed E-state index contributed by atoms with van der Waals surface area (Å²) in [6.07, 6.45) is 3.17. The Kier molecular flexibility index (Phi) is 7.09. The normalized spacial score (nSPS) is 14.3. The van der Waals surface area contributed by atoms with Crippen molar-refractivity contribution in [1.29, 1.82) is 0 Å². The van der Waals surface area contributed by atoms with Crippen LogP contribution in [0.25, 0.3) is 5.57 Å². The number of nitrogens with one attached hydrogen (secondary N) is 1. The lowest BCUT2D eigenvalue weighted by Gasteiger charge is -2.26. The van der Waals surface area contributed by atoms with Gasteiger partial charge in [0.2, 0.25) is 5.91 Å². The number of ether oxygens (including phenoxy) is 2. The smallest absolute Gasteiger partial charge is 0.238 e. The second-order valence-electron chi connectivity index (χ2n) is 6.66. The van der Waals surface area contributed by atoms with E-state index in [0.717, 1.165) is 25.2 Å². The summed E-state index contributed by atoms with van der Waals surface area (Å²) in [7, 11) is 0. The second-order valence-corrected chi connectivity index (χ2v) is 6.66. The van der Waals surface area contributed by atoms with Crippen LogP contribution in [-0.2, 0) is 4.79 Å². The average molecular weight is 380 g/mol. The first-order valence-corrected chi connectivity index (χ1v) is 9.86. The molecule has 1 amide bonds. The number of rotatable bonds is 8. The zero-order valence-electron chi connectivity index (χ0n) is 16.6. The van der Waals surface area contributed by atoms with Crippen LogP contribution in [0, 0.1) is 0 Å². The fourth-order valence-corrected chi connectivity index (χ4v) is 3.30. The summed E-state index contributed by atoms with van der Waals surface area (Å²) in [5.74, 6) is 1.32. The zero-order chi connectivity index (χ0) is 19.8. The van der Waals surface area contributed by atoms with Crippen LogP contribution >= 0.6 is 0 Å². The molecule has 0 saturated heterocycles. The molecule has 0 aliphatic carbocycles. The van der Waals surface area contributed by atoms with Crippen molar-refractivity contribution in [2.24, 2.45) is 0 Å². The molecule has 1 aliphatic rings. The minimum absolute atomic E-state index is 0.0248. The molecule has 1 N–H and O–H groups in total. The molecule has 0 radical (unpaired) electrons. The summed E-state index contributed by atoms with van der Waals surface area (Å²) < 4.78 is 11.2. The van der Waals surface area contributed by atoms with Crippen LogP contribution in [0.1, 0.15) is 25.8 Å². The largest absolute Gasteiger partial charge is 0.490 e. The van der Waals surface area contributed by atoms with Gasteiger partial charge in [0, 0.05) is 24.8 Å². The Morgan fingerprint density at radius 3 is 2.46 bits per heavy atom. The number of anilines is 1. The third-order valence-electron chi connectivity index (χ3n) is 4.63. The van der Waals surface area contributed by atoms with E-state index < -0.39 is 0 Å². The quantitative estimate of drug-likeness (QED) is 0.745. The minimum atomic E-state index is -0.0248. The molecule has 0 atom stereocenters. The van der Waals surface area contributed by atoms with Crippen LogP contribution in [0.2, 0.25) is 0 Å². The van der Waals surface area contributed by atoms with Crippen molar-refractivity contribution in [3.63, 3.8) is 0 Å². The summed E-state index contributed by atoms with van der Waals surface area (Å²) in [5, 5.41) is 2.96. The number of nitrogens with zero attached hydrogens (tertiary/aromatic N) is 1. The van der Waals surface area contributed by atoms with E-state index in [4.69, 9.17) is 9.47 Å². The van der Waals surface area contributed by atoms with Gasteiger partial charge < -0.3 is 14.8 Å². The highest BCUT2D eigenvalue weighted by atomic mass is 16.5. The lowest BCUT2D eigenvalue weighted by Crippen LogP contribution is -2.36. The molecule has 2 aromatic rings. The first-order valence-electron chi connectivity index (χ1n) is 9.86. The van der Waals surface area contributed by atoms with Gasteiger partial charge in [-0.25, -0.2) is 0 Å². The molecule has 0 fully saturated rings. The van der Waals surface area contributed by atoms with Crippen molar-refractivity contribution in [1.82, 2.24) is 4.90 Å². The molecule has 148 valence electrons. The maximum absolute atomic E-state index is 12.5. The summed E-state index contributed by atoms with van der Waals surface area (Å²) in [4.78, 5) is 14.6. The Balaban J connectivity index is 1.56. The Labute approximate surface area is 167 Å². The summed E-state index contributed by atoms with van der Waals surface area (Å²) in [5.41, 5.74) is 3.34. The molecule has 28 heavy (non-hydrogen) atoms. The van der Waals surface area contributed by atoms with E-state index in [0.29, 0.717) is 31.3 Å². The molecule has 1 heterocycles. The monoisotopic (exact) mass is 380 g/mol. The van der Waals surface area contributed by atoms with Crippen LogP contribution in [0.15, 0.2) is 54.6 Å². The van der Waals surface area contributed by atoms with Gasteiger partial charge in [0.1, 0.15) is 0 Å². The number of carbonyl (C=O) groups is 1. The highest BCUT2D eigenvalue weighted by molar-refractivity contribution is 5.92. The number of hydrogen-bond donors (Lipinski definition) is 1. The van der Waals surface area contributed by atoms with Gasteiger partial charge in [0.25, 0.3) is 0 Å². The van der Waals surface area contributed by atoms with Crippen LogP contribution in [-0.4, -0.2) is 43.7 Å². The molecule has 0 aromatic heterocycles. The number of carbonyl (C=O) groups excluding carboxylic acids is 1. The summed E-state index contributed by atoms with van der Waals surface area (Å²) >= 11 is 0. The maximum atomic E-state index is 12.5. The Morgan fingerprint density at radius 1 is 1.04 bits per heavy atom. The van der Waals surface area contributed by atoms with Crippen molar-refractivity contribution in [3.8, 4) is 11.5 Å². The molecule has 5 heteroatoms. The van der Waals surface area contributed by atoms with Gasteiger partial charge in [-0.3, -0.25) is 9.69 Å². The fraction of sp³-hybridized carbons (Fsp3) is 0.348. The van der Waals surface area contributed by atoms with Crippen molar-refractivity contribution < 1.29 is 14.3 Å². The SMILES string of the molecule is CCOc1ccc(NC(=O)CN2CC=C(c3ccccc3)CC2)cc1OCC. The Bertz CT molecular complexity index is 818. The van der Waals surface area contributed by atoms with E-state index in [1.807, 2.05) is 38.1 Å². The standard InChI is InChI=1S/C23H28N2O3/c1-3-27-21-11-10-20(16-22(21)28-4-2)24-23(26)17-25-14-12-19(13-15-25)18-8-6-5-7-9-18/h5-12,16H,3-4,13-15,17H2,1-2H3,(H,24,26). The lowest BCUT2D eigenvalue weighted by atomic mass is 10.00. The van der Waals surface area contributed by atoms with Crippen molar-refractivity contribution >= 4 is 17.2 Å². The van der Waals surface area contributed by atoms with Crippen molar-refractivity contribution in [2.45, 2.75) is 20.3 Å². The molecule has 0 spiro atoms. The average Bonchev–Trinajstić information content (AvgIpc) is 2.71. The van der Waals surface area contributed by atoms with E-state index in [1.165, 1.54) is 11.1 Å². The van der Waals surface area contributed by atoms with E-state index in [-0.39, 0.29) is 5.91 Å². The Hall–Kier alpha value is -2.79. The van der Waals surface area contributed by atoms with E-state index in [9.17, 15) is 4.79 Å². The second kappa shape index (κ2) is 9.95. The van der Waals surface area contributed by atoms with Crippen molar-refractivity contribution in [2.75, 3.05) is 38.2 Å². The maximum Gasteiger partial charge on any atom is 0.238 e. The lowest BCUT2D eigenvalue weighted by molar-refractivity contribution is -0.117. The summed E-state index contributed by atoms with van der Waals surface area (Å²) in [6.45, 7) is 7.00. The molecule has 0 bridgehead atoms. The molecule has 1 aliphatic heterocycles. The van der Waals surface area contributed by atoms with Crippen LogP contribution in [0.4, 0.5) is 5.69 Å². The third kappa shape index (κ3) is 5.36. The molecular weight excluding hydrogens is 352 g/mol. The van der Waals surface area contributed by atoms with Gasteiger partial charge in [-0.05, 0) is 43.5 Å². The Morgan fingerprint density at radius 2 is 1.79 bits per heavy atom. The van der Waals surface area contributed by atoms with Gasteiger partial charge >= 0.3 is 0 Å². The van der Waals surface area contributed by atoms with Crippen LogP contribution in [0.3, 0.4) is 0 Å². The first kappa shape index (κ1) is 20.0.